The van der Waals surface area contributed by atoms with Crippen LogP contribution in [-0.4, -0.2) is 36.0 Å². The molecule has 1 aromatic heterocycles. The van der Waals surface area contributed by atoms with E-state index in [0.29, 0.717) is 19.4 Å². The standard InChI is InChI=1S/C26H27FN2O2/c1-31-22-12-8-20(9-13-22)24-15-14-23(19-6-10-21(27)11-7-19)25(28-24)16-18-29-17-4-2-3-5-26(29)30/h6-15H,2-5,16-18H2,1H3. The summed E-state index contributed by atoms with van der Waals surface area (Å²) in [5.41, 5.74) is 4.67. The molecule has 1 aliphatic rings. The van der Waals surface area contributed by atoms with E-state index in [0.717, 1.165) is 59.6 Å². The second-order valence-corrected chi connectivity index (χ2v) is 7.87. The first kappa shape index (κ1) is 21.0. The largest absolute Gasteiger partial charge is 0.497 e. The Labute approximate surface area is 182 Å². The number of rotatable bonds is 6. The Kier molecular flexibility index (Phi) is 6.60. The summed E-state index contributed by atoms with van der Waals surface area (Å²) in [5.74, 6) is 0.766. The van der Waals surface area contributed by atoms with Crippen molar-refractivity contribution in [2.24, 2.45) is 0 Å². The molecule has 2 heterocycles. The van der Waals surface area contributed by atoms with Crippen molar-refractivity contribution in [3.8, 4) is 28.1 Å². The van der Waals surface area contributed by atoms with Crippen molar-refractivity contribution in [3.05, 3.63) is 72.2 Å². The Morgan fingerprint density at radius 2 is 1.68 bits per heavy atom. The van der Waals surface area contributed by atoms with Gasteiger partial charge >= 0.3 is 0 Å². The van der Waals surface area contributed by atoms with Gasteiger partial charge in [-0.15, -0.1) is 0 Å². The number of nitrogens with zero attached hydrogens (tertiary/aromatic N) is 2. The van der Waals surface area contributed by atoms with Crippen molar-refractivity contribution in [3.63, 3.8) is 0 Å². The van der Waals surface area contributed by atoms with Gasteiger partial charge in [0.05, 0.1) is 18.5 Å². The molecule has 0 radical (unpaired) electrons. The Morgan fingerprint density at radius 3 is 2.42 bits per heavy atom. The summed E-state index contributed by atoms with van der Waals surface area (Å²) in [5, 5.41) is 0. The van der Waals surface area contributed by atoms with Crippen LogP contribution in [0, 0.1) is 5.82 Å². The summed E-state index contributed by atoms with van der Waals surface area (Å²) in [4.78, 5) is 19.3. The van der Waals surface area contributed by atoms with Gasteiger partial charge in [0.25, 0.3) is 0 Å². The number of methoxy groups -OCH3 is 1. The first-order valence-electron chi connectivity index (χ1n) is 10.8. The Hall–Kier alpha value is -3.21. The molecule has 1 saturated heterocycles. The van der Waals surface area contributed by atoms with E-state index in [1.807, 2.05) is 41.3 Å². The fourth-order valence-electron chi connectivity index (χ4n) is 4.02. The van der Waals surface area contributed by atoms with Crippen molar-refractivity contribution in [1.82, 2.24) is 9.88 Å². The highest BCUT2D eigenvalue weighted by molar-refractivity contribution is 5.76. The summed E-state index contributed by atoms with van der Waals surface area (Å²) in [6, 6.07) is 18.3. The summed E-state index contributed by atoms with van der Waals surface area (Å²) in [6.07, 6.45) is 4.41. The fraction of sp³-hybridized carbons (Fsp3) is 0.308. The van der Waals surface area contributed by atoms with Crippen LogP contribution < -0.4 is 4.74 Å². The predicted molar refractivity (Wildman–Crippen MR) is 120 cm³/mol. The topological polar surface area (TPSA) is 42.4 Å². The molecule has 0 unspecified atom stereocenters. The number of carbonyl (C=O) groups is 1. The van der Waals surface area contributed by atoms with Gasteiger partial charge in [0.2, 0.25) is 5.91 Å². The summed E-state index contributed by atoms with van der Waals surface area (Å²) < 4.78 is 18.7. The predicted octanol–water partition coefficient (Wildman–Crippen LogP) is 5.51. The minimum atomic E-state index is -0.261. The number of benzene rings is 2. The summed E-state index contributed by atoms with van der Waals surface area (Å²) in [6.45, 7) is 1.45. The summed E-state index contributed by atoms with van der Waals surface area (Å²) >= 11 is 0. The zero-order valence-electron chi connectivity index (χ0n) is 17.8. The molecule has 160 valence electrons. The lowest BCUT2D eigenvalue weighted by atomic mass is 10.00. The van der Waals surface area contributed by atoms with Gasteiger partial charge in [0.1, 0.15) is 11.6 Å². The molecule has 0 N–H and O–H groups in total. The monoisotopic (exact) mass is 418 g/mol. The van der Waals surface area contributed by atoms with E-state index in [1.54, 1.807) is 19.2 Å². The summed E-state index contributed by atoms with van der Waals surface area (Å²) in [7, 11) is 1.65. The van der Waals surface area contributed by atoms with Gasteiger partial charge in [-0.2, -0.15) is 0 Å². The first-order valence-corrected chi connectivity index (χ1v) is 10.8. The Morgan fingerprint density at radius 1 is 0.935 bits per heavy atom. The Bertz CT molecular complexity index is 1030. The van der Waals surface area contributed by atoms with E-state index < -0.39 is 0 Å². The average Bonchev–Trinajstić information content (AvgIpc) is 3.02. The van der Waals surface area contributed by atoms with E-state index in [-0.39, 0.29) is 11.7 Å². The van der Waals surface area contributed by atoms with E-state index in [1.165, 1.54) is 12.1 Å². The molecule has 31 heavy (non-hydrogen) atoms. The second kappa shape index (κ2) is 9.73. The van der Waals surface area contributed by atoms with Crippen LogP contribution in [0.1, 0.15) is 31.4 Å². The number of hydrogen-bond acceptors (Lipinski definition) is 3. The normalized spacial score (nSPS) is 14.4. The van der Waals surface area contributed by atoms with Gasteiger partial charge in [-0.1, -0.05) is 24.6 Å². The molecular weight excluding hydrogens is 391 g/mol. The molecule has 3 aromatic rings. The Balaban J connectivity index is 1.65. The van der Waals surface area contributed by atoms with Gasteiger partial charge in [0.15, 0.2) is 0 Å². The third-order valence-electron chi connectivity index (χ3n) is 5.81. The van der Waals surface area contributed by atoms with Crippen molar-refractivity contribution < 1.29 is 13.9 Å². The first-order chi connectivity index (χ1) is 15.1. The number of pyridine rings is 1. The van der Waals surface area contributed by atoms with Crippen LogP contribution >= 0.6 is 0 Å². The van der Waals surface area contributed by atoms with Crippen LogP contribution in [0.15, 0.2) is 60.7 Å². The van der Waals surface area contributed by atoms with Gasteiger partial charge < -0.3 is 9.64 Å². The van der Waals surface area contributed by atoms with Crippen LogP contribution in [0.5, 0.6) is 5.75 Å². The van der Waals surface area contributed by atoms with E-state index in [9.17, 15) is 9.18 Å². The van der Waals surface area contributed by atoms with Crippen LogP contribution in [0.2, 0.25) is 0 Å². The van der Waals surface area contributed by atoms with Crippen LogP contribution in [0.3, 0.4) is 0 Å². The molecule has 2 aromatic carbocycles. The van der Waals surface area contributed by atoms with Gasteiger partial charge in [-0.05, 0) is 60.9 Å². The van der Waals surface area contributed by atoms with Gasteiger partial charge in [-0.25, -0.2) is 4.39 Å². The highest BCUT2D eigenvalue weighted by Crippen LogP contribution is 2.28. The highest BCUT2D eigenvalue weighted by atomic mass is 19.1. The molecule has 0 atom stereocenters. The third-order valence-corrected chi connectivity index (χ3v) is 5.81. The SMILES string of the molecule is COc1ccc(-c2ccc(-c3ccc(F)cc3)c(CCN3CCCCCC3=O)n2)cc1. The maximum Gasteiger partial charge on any atom is 0.222 e. The zero-order valence-corrected chi connectivity index (χ0v) is 17.8. The number of ether oxygens (including phenoxy) is 1. The molecule has 4 rings (SSSR count). The molecule has 0 spiro atoms. The number of halogens is 1. The van der Waals surface area contributed by atoms with Crippen LogP contribution in [0.25, 0.3) is 22.4 Å². The van der Waals surface area contributed by atoms with Crippen molar-refractivity contribution >= 4 is 5.91 Å². The van der Waals surface area contributed by atoms with E-state index >= 15 is 0 Å². The van der Waals surface area contributed by atoms with Crippen LogP contribution in [-0.2, 0) is 11.2 Å². The number of likely N-dealkylation sites (tertiary alicyclic amines) is 1. The van der Waals surface area contributed by atoms with Crippen molar-refractivity contribution in [2.45, 2.75) is 32.1 Å². The quantitative estimate of drug-likeness (QED) is 0.530. The third kappa shape index (κ3) is 5.10. The molecule has 1 fully saturated rings. The van der Waals surface area contributed by atoms with E-state index in [4.69, 9.17) is 9.72 Å². The number of amides is 1. The molecule has 5 heteroatoms. The second-order valence-electron chi connectivity index (χ2n) is 7.87. The minimum absolute atomic E-state index is 0.229. The molecular formula is C26H27FN2O2. The lowest BCUT2D eigenvalue weighted by Gasteiger charge is -2.21. The number of hydrogen-bond donors (Lipinski definition) is 0. The van der Waals surface area contributed by atoms with Crippen LogP contribution in [0.4, 0.5) is 4.39 Å². The molecule has 0 aliphatic carbocycles. The van der Waals surface area contributed by atoms with Gasteiger partial charge in [-0.3, -0.25) is 9.78 Å². The van der Waals surface area contributed by atoms with Crippen molar-refractivity contribution in [2.75, 3.05) is 20.2 Å². The van der Waals surface area contributed by atoms with Crippen molar-refractivity contribution in [1.29, 1.82) is 0 Å². The highest BCUT2D eigenvalue weighted by Gasteiger charge is 2.18. The maximum absolute atomic E-state index is 13.5. The molecule has 4 nitrogen and oxygen atoms in total. The van der Waals surface area contributed by atoms with Gasteiger partial charge in [0, 0.05) is 37.1 Å². The molecule has 1 aliphatic heterocycles. The zero-order chi connectivity index (χ0) is 21.6. The average molecular weight is 419 g/mol. The molecule has 0 bridgehead atoms. The number of aromatic nitrogens is 1. The lowest BCUT2D eigenvalue weighted by molar-refractivity contribution is -0.130. The fourth-order valence-corrected chi connectivity index (χ4v) is 4.02. The number of carbonyl (C=O) groups excluding carboxylic acids is 1. The smallest absolute Gasteiger partial charge is 0.222 e. The van der Waals surface area contributed by atoms with E-state index in [2.05, 4.69) is 0 Å². The lowest BCUT2D eigenvalue weighted by Crippen LogP contribution is -2.32. The maximum atomic E-state index is 13.5. The minimum Gasteiger partial charge on any atom is -0.497 e. The molecule has 1 amide bonds. The molecule has 0 saturated carbocycles.